The summed E-state index contributed by atoms with van der Waals surface area (Å²) in [5.74, 6) is 0.781. The molecule has 0 radical (unpaired) electrons. The van der Waals surface area contributed by atoms with Gasteiger partial charge in [-0.1, -0.05) is 6.92 Å². The van der Waals surface area contributed by atoms with Crippen LogP contribution in [0.4, 0.5) is 0 Å². The van der Waals surface area contributed by atoms with Gasteiger partial charge in [0.1, 0.15) is 0 Å². The first kappa shape index (κ1) is 10.9. The van der Waals surface area contributed by atoms with Crippen LogP contribution in [-0.2, 0) is 4.79 Å². The van der Waals surface area contributed by atoms with Crippen LogP contribution in [0.3, 0.4) is 0 Å². The Balaban J connectivity index is 1.83. The van der Waals surface area contributed by atoms with Gasteiger partial charge < -0.3 is 10.2 Å². The Bertz CT molecular complexity index is 220. The number of hydrogen-bond acceptors (Lipinski definition) is 2. The summed E-state index contributed by atoms with van der Waals surface area (Å²) in [5, 5.41) is 3.47. The molecule has 1 heterocycles. The number of amides is 1. The van der Waals surface area contributed by atoms with Gasteiger partial charge in [-0.2, -0.15) is 0 Å². The van der Waals surface area contributed by atoms with E-state index < -0.39 is 0 Å². The van der Waals surface area contributed by atoms with Crippen LogP contribution in [0.2, 0.25) is 0 Å². The molecule has 15 heavy (non-hydrogen) atoms. The maximum absolute atomic E-state index is 12.0. The van der Waals surface area contributed by atoms with Gasteiger partial charge in [-0.15, -0.1) is 0 Å². The lowest BCUT2D eigenvalue weighted by Crippen LogP contribution is -2.42. The maximum atomic E-state index is 12.0. The Morgan fingerprint density at radius 2 is 2.20 bits per heavy atom. The average Bonchev–Trinajstić information content (AvgIpc) is 2.96. The highest BCUT2D eigenvalue weighted by Gasteiger charge is 2.34. The third-order valence-electron chi connectivity index (χ3n) is 3.33. The molecule has 3 nitrogen and oxygen atoms in total. The number of hydrogen-bond donors (Lipinski definition) is 1. The normalized spacial score (nSPS) is 25.5. The summed E-state index contributed by atoms with van der Waals surface area (Å²) < 4.78 is 0. The van der Waals surface area contributed by atoms with E-state index in [1.165, 1.54) is 12.8 Å². The summed E-state index contributed by atoms with van der Waals surface area (Å²) in [5.41, 5.74) is 0. The van der Waals surface area contributed by atoms with E-state index in [0.29, 0.717) is 17.9 Å². The standard InChI is InChI=1S/C12H22N2O/c1-2-8-14(12(15)10-5-6-10)9-11-4-3-7-13-11/h10-11,13H,2-9H2,1H3. The summed E-state index contributed by atoms with van der Waals surface area (Å²) in [6.45, 7) is 5.15. The summed E-state index contributed by atoms with van der Waals surface area (Å²) in [4.78, 5) is 14.1. The van der Waals surface area contributed by atoms with Gasteiger partial charge in [0.15, 0.2) is 0 Å². The third kappa shape index (κ3) is 2.94. The topological polar surface area (TPSA) is 32.3 Å². The Hall–Kier alpha value is -0.570. The number of nitrogens with zero attached hydrogens (tertiary/aromatic N) is 1. The second-order valence-corrected chi connectivity index (χ2v) is 4.85. The van der Waals surface area contributed by atoms with Crippen molar-refractivity contribution < 1.29 is 4.79 Å². The van der Waals surface area contributed by atoms with Crippen molar-refractivity contribution in [3.63, 3.8) is 0 Å². The molecule has 1 aliphatic carbocycles. The SMILES string of the molecule is CCCN(CC1CCCN1)C(=O)C1CC1. The molecule has 0 spiro atoms. The Labute approximate surface area is 92.2 Å². The highest BCUT2D eigenvalue weighted by Crippen LogP contribution is 2.31. The first-order valence-electron chi connectivity index (χ1n) is 6.33. The van der Waals surface area contributed by atoms with Crippen LogP contribution in [0.5, 0.6) is 0 Å². The number of carbonyl (C=O) groups excluding carboxylic acids is 1. The van der Waals surface area contributed by atoms with Gasteiger partial charge in [-0.3, -0.25) is 4.79 Å². The molecule has 1 unspecified atom stereocenters. The molecule has 0 bridgehead atoms. The zero-order valence-corrected chi connectivity index (χ0v) is 9.67. The van der Waals surface area contributed by atoms with Crippen molar-refractivity contribution in [3.8, 4) is 0 Å². The van der Waals surface area contributed by atoms with E-state index in [2.05, 4.69) is 17.1 Å². The van der Waals surface area contributed by atoms with E-state index >= 15 is 0 Å². The molecule has 1 atom stereocenters. The van der Waals surface area contributed by atoms with Crippen LogP contribution in [0.25, 0.3) is 0 Å². The molecule has 0 aromatic heterocycles. The van der Waals surface area contributed by atoms with Gasteiger partial charge >= 0.3 is 0 Å². The van der Waals surface area contributed by atoms with E-state index in [1.54, 1.807) is 0 Å². The van der Waals surface area contributed by atoms with Gasteiger partial charge in [0.2, 0.25) is 5.91 Å². The van der Waals surface area contributed by atoms with Gasteiger partial charge in [-0.25, -0.2) is 0 Å². The van der Waals surface area contributed by atoms with Gasteiger partial charge in [-0.05, 0) is 38.6 Å². The first-order chi connectivity index (χ1) is 7.31. The lowest BCUT2D eigenvalue weighted by molar-refractivity contribution is -0.132. The van der Waals surface area contributed by atoms with Crippen molar-refractivity contribution in [2.75, 3.05) is 19.6 Å². The predicted octanol–water partition coefficient (Wildman–Crippen LogP) is 1.39. The average molecular weight is 210 g/mol. The highest BCUT2D eigenvalue weighted by atomic mass is 16.2. The van der Waals surface area contributed by atoms with Gasteiger partial charge in [0.25, 0.3) is 0 Å². The smallest absolute Gasteiger partial charge is 0.225 e. The van der Waals surface area contributed by atoms with Crippen LogP contribution in [0, 0.1) is 5.92 Å². The van der Waals surface area contributed by atoms with E-state index in [-0.39, 0.29) is 0 Å². The first-order valence-corrected chi connectivity index (χ1v) is 6.33. The van der Waals surface area contributed by atoms with Gasteiger partial charge in [0, 0.05) is 25.0 Å². The van der Waals surface area contributed by atoms with Crippen molar-refractivity contribution in [2.45, 2.75) is 45.1 Å². The van der Waals surface area contributed by atoms with Crippen LogP contribution in [-0.4, -0.2) is 36.5 Å². The second kappa shape index (κ2) is 4.97. The molecule has 0 aromatic rings. The molecule has 2 aliphatic rings. The fourth-order valence-electron chi connectivity index (χ4n) is 2.33. The monoisotopic (exact) mass is 210 g/mol. The molecule has 2 fully saturated rings. The molecule has 3 heteroatoms. The summed E-state index contributed by atoms with van der Waals surface area (Å²) in [7, 11) is 0. The van der Waals surface area contributed by atoms with Crippen molar-refractivity contribution in [1.29, 1.82) is 0 Å². The van der Waals surface area contributed by atoms with E-state index in [1.807, 2.05) is 0 Å². The largest absolute Gasteiger partial charge is 0.341 e. The molecular formula is C12H22N2O. The Kier molecular flexibility index (Phi) is 3.62. The third-order valence-corrected chi connectivity index (χ3v) is 3.33. The van der Waals surface area contributed by atoms with Crippen LogP contribution >= 0.6 is 0 Å². The minimum absolute atomic E-state index is 0.373. The Morgan fingerprint density at radius 1 is 1.40 bits per heavy atom. The van der Waals surface area contributed by atoms with E-state index in [4.69, 9.17) is 0 Å². The van der Waals surface area contributed by atoms with Gasteiger partial charge in [0.05, 0.1) is 0 Å². The molecule has 1 amide bonds. The minimum atomic E-state index is 0.373. The number of carbonyl (C=O) groups is 1. The number of rotatable bonds is 5. The minimum Gasteiger partial charge on any atom is -0.341 e. The summed E-state index contributed by atoms with van der Waals surface area (Å²) in [6.07, 6.45) is 5.82. The molecule has 86 valence electrons. The van der Waals surface area contributed by atoms with Crippen LogP contribution < -0.4 is 5.32 Å². The Morgan fingerprint density at radius 3 is 2.73 bits per heavy atom. The fraction of sp³-hybridized carbons (Fsp3) is 0.917. The summed E-state index contributed by atoms with van der Waals surface area (Å²) >= 11 is 0. The fourth-order valence-corrected chi connectivity index (χ4v) is 2.33. The lowest BCUT2D eigenvalue weighted by Gasteiger charge is -2.25. The van der Waals surface area contributed by atoms with Crippen molar-refractivity contribution in [3.05, 3.63) is 0 Å². The predicted molar refractivity (Wildman–Crippen MR) is 60.6 cm³/mol. The molecular weight excluding hydrogens is 188 g/mol. The number of nitrogens with one attached hydrogen (secondary N) is 1. The van der Waals surface area contributed by atoms with E-state index in [9.17, 15) is 4.79 Å². The highest BCUT2D eigenvalue weighted by molar-refractivity contribution is 5.81. The molecule has 0 aromatic carbocycles. The van der Waals surface area contributed by atoms with E-state index in [0.717, 1.165) is 38.9 Å². The molecule has 1 saturated carbocycles. The lowest BCUT2D eigenvalue weighted by atomic mass is 10.2. The van der Waals surface area contributed by atoms with Crippen molar-refractivity contribution in [1.82, 2.24) is 10.2 Å². The molecule has 1 N–H and O–H groups in total. The van der Waals surface area contributed by atoms with Crippen molar-refractivity contribution >= 4 is 5.91 Å². The van der Waals surface area contributed by atoms with Crippen LogP contribution in [0.1, 0.15) is 39.0 Å². The van der Waals surface area contributed by atoms with Crippen LogP contribution in [0.15, 0.2) is 0 Å². The molecule has 2 rings (SSSR count). The molecule has 1 aliphatic heterocycles. The quantitative estimate of drug-likeness (QED) is 0.743. The zero-order chi connectivity index (χ0) is 10.7. The molecule has 1 saturated heterocycles. The second-order valence-electron chi connectivity index (χ2n) is 4.85. The maximum Gasteiger partial charge on any atom is 0.225 e. The zero-order valence-electron chi connectivity index (χ0n) is 9.67. The van der Waals surface area contributed by atoms with Crippen molar-refractivity contribution in [2.24, 2.45) is 5.92 Å². The summed E-state index contributed by atoms with van der Waals surface area (Å²) in [6, 6.07) is 0.555.